The minimum atomic E-state index is -1.11. The van der Waals surface area contributed by atoms with Crippen molar-refractivity contribution in [1.82, 2.24) is 0 Å². The summed E-state index contributed by atoms with van der Waals surface area (Å²) in [7, 11) is 7.55. The monoisotopic (exact) mass is 852 g/mol. The van der Waals surface area contributed by atoms with Crippen molar-refractivity contribution in [3.8, 4) is 0 Å². The number of nitrogens with zero attached hydrogens (tertiary/aromatic N) is 4. The molecule has 16 nitrogen and oxygen atoms in total. The molecule has 0 amide bonds. The second kappa shape index (κ2) is 32.6. The van der Waals surface area contributed by atoms with Crippen LogP contribution in [0, 0.1) is 5.41 Å². The van der Waals surface area contributed by atoms with E-state index in [0.29, 0.717) is 26.2 Å². The van der Waals surface area contributed by atoms with Crippen LogP contribution in [-0.2, 0) is 19.2 Å². The number of aliphatic hydroxyl groups excluding tert-OH is 4. The van der Waals surface area contributed by atoms with Crippen molar-refractivity contribution >= 4 is 46.6 Å². The molecule has 0 aromatic heterocycles. The highest BCUT2D eigenvalue weighted by atomic mass is 16.4. The highest BCUT2D eigenvalue weighted by Gasteiger charge is 2.26. The summed E-state index contributed by atoms with van der Waals surface area (Å²) in [6.45, 7) is 0.539. The predicted molar refractivity (Wildman–Crippen MR) is 239 cm³/mol. The molecule has 4 rings (SSSR count). The Kier molecular flexibility index (Phi) is 29.3. The van der Waals surface area contributed by atoms with E-state index in [1.165, 1.54) is 0 Å². The summed E-state index contributed by atoms with van der Waals surface area (Å²) in [6.07, 6.45) is 0.688. The molecule has 0 spiro atoms. The number of benzene rings is 4. The lowest BCUT2D eigenvalue weighted by atomic mass is 9.93. The molecule has 61 heavy (non-hydrogen) atoms. The van der Waals surface area contributed by atoms with E-state index in [1.54, 1.807) is 0 Å². The Hall–Kier alpha value is -6.20. The normalized spacial score (nSPS) is 9.97. The van der Waals surface area contributed by atoms with Crippen LogP contribution < -0.4 is 19.6 Å². The van der Waals surface area contributed by atoms with Gasteiger partial charge in [-0.1, -0.05) is 72.8 Å². The molecular formula is C45H64N4O12. The summed E-state index contributed by atoms with van der Waals surface area (Å²) in [5.74, 6) is -3.05. The van der Waals surface area contributed by atoms with Crippen molar-refractivity contribution in [2.45, 2.75) is 25.7 Å². The Morgan fingerprint density at radius 1 is 0.361 bits per heavy atom. The summed E-state index contributed by atoms with van der Waals surface area (Å²) in [5, 5.41) is 67.9. The molecule has 0 unspecified atom stereocenters. The number of rotatable bonds is 20. The zero-order valence-corrected chi connectivity index (χ0v) is 35.5. The molecule has 4 aromatic carbocycles. The first-order chi connectivity index (χ1) is 29.0. The molecule has 0 radical (unpaired) electrons. The van der Waals surface area contributed by atoms with Crippen LogP contribution in [0.4, 0.5) is 22.7 Å². The molecule has 0 heterocycles. The predicted octanol–water partition coefficient (Wildman–Crippen LogP) is 4.33. The number of hydrogen-bond acceptors (Lipinski definition) is 12. The van der Waals surface area contributed by atoms with Gasteiger partial charge in [-0.25, -0.2) is 0 Å². The Labute approximate surface area is 358 Å². The van der Waals surface area contributed by atoms with Crippen LogP contribution >= 0.6 is 0 Å². The molecule has 0 atom stereocenters. The number of para-hydroxylation sites is 4. The van der Waals surface area contributed by atoms with Crippen molar-refractivity contribution in [1.29, 1.82) is 0 Å². The maximum absolute atomic E-state index is 10.3. The van der Waals surface area contributed by atoms with Crippen molar-refractivity contribution in [2.75, 3.05) is 100 Å². The summed E-state index contributed by atoms with van der Waals surface area (Å²) in [6, 6.07) is 38.9. The summed E-state index contributed by atoms with van der Waals surface area (Å²) >= 11 is 0. The van der Waals surface area contributed by atoms with Gasteiger partial charge < -0.3 is 60.5 Å². The molecule has 0 aliphatic heterocycles. The second-order valence-electron chi connectivity index (χ2n) is 13.7. The number of aliphatic carboxylic acids is 4. The largest absolute Gasteiger partial charge is 0.481 e. The highest BCUT2D eigenvalue weighted by molar-refractivity contribution is 5.69. The third kappa shape index (κ3) is 26.5. The first-order valence-electron chi connectivity index (χ1n) is 19.4. The molecule has 0 fully saturated rings. The van der Waals surface area contributed by atoms with Crippen molar-refractivity contribution in [2.24, 2.45) is 5.41 Å². The number of anilines is 4. The van der Waals surface area contributed by atoms with Gasteiger partial charge in [-0.3, -0.25) is 19.2 Å². The van der Waals surface area contributed by atoms with Gasteiger partial charge in [-0.05, 0) is 48.5 Å². The van der Waals surface area contributed by atoms with Gasteiger partial charge in [-0.2, -0.15) is 0 Å². The van der Waals surface area contributed by atoms with E-state index in [0.717, 1.165) is 22.7 Å². The van der Waals surface area contributed by atoms with E-state index in [-0.39, 0.29) is 25.7 Å². The number of hydrogen-bond donors (Lipinski definition) is 8. The number of carbonyl (C=O) groups is 4. The lowest BCUT2D eigenvalue weighted by Gasteiger charge is -2.23. The quantitative estimate of drug-likeness (QED) is 0.0617. The van der Waals surface area contributed by atoms with Crippen molar-refractivity contribution in [3.05, 3.63) is 121 Å². The first kappa shape index (κ1) is 54.8. The Balaban J connectivity index is 0.000000742. The van der Waals surface area contributed by atoms with Crippen LogP contribution in [0.15, 0.2) is 121 Å². The fourth-order valence-electron chi connectivity index (χ4n) is 4.60. The molecule has 336 valence electrons. The van der Waals surface area contributed by atoms with Gasteiger partial charge in [0.2, 0.25) is 0 Å². The van der Waals surface area contributed by atoms with Crippen LogP contribution in [-0.4, -0.2) is 146 Å². The minimum Gasteiger partial charge on any atom is -0.481 e. The van der Waals surface area contributed by atoms with Crippen LogP contribution in [0.1, 0.15) is 25.7 Å². The standard InChI is InChI=1S/4C10H13NO2.C5H12O4/c4*1-11(8-7-10(12)13)9-5-3-2-4-6-9;6-1-5(2-7,3-8)4-9/h4*2-6H,7-8H2,1H3,(H,12,13);6-9H,1-4H2. The van der Waals surface area contributed by atoms with Gasteiger partial charge in [-0.15, -0.1) is 0 Å². The molecule has 0 saturated heterocycles. The van der Waals surface area contributed by atoms with Crippen LogP contribution in [0.5, 0.6) is 0 Å². The van der Waals surface area contributed by atoms with Crippen LogP contribution in [0.25, 0.3) is 0 Å². The molecule has 8 N–H and O–H groups in total. The minimum absolute atomic E-state index is 0.172. The average Bonchev–Trinajstić information content (AvgIpc) is 3.28. The van der Waals surface area contributed by atoms with Crippen LogP contribution in [0.2, 0.25) is 0 Å². The Morgan fingerprint density at radius 2 is 0.525 bits per heavy atom. The highest BCUT2D eigenvalue weighted by Crippen LogP contribution is 2.14. The molecule has 16 heteroatoms. The fourth-order valence-corrected chi connectivity index (χ4v) is 4.60. The first-order valence-corrected chi connectivity index (χ1v) is 19.4. The number of carboxylic acids is 4. The molecule has 0 aliphatic carbocycles. The summed E-state index contributed by atoms with van der Waals surface area (Å²) < 4.78 is 0. The van der Waals surface area contributed by atoms with Gasteiger partial charge in [0.05, 0.1) is 57.5 Å². The van der Waals surface area contributed by atoms with Gasteiger partial charge in [0.25, 0.3) is 0 Å². The lowest BCUT2D eigenvalue weighted by molar-refractivity contribution is -0.137. The summed E-state index contributed by atoms with van der Waals surface area (Å²) in [5.41, 5.74) is 3.07. The van der Waals surface area contributed by atoms with Gasteiger partial charge in [0.15, 0.2) is 0 Å². The Bertz CT molecular complexity index is 1480. The van der Waals surface area contributed by atoms with Crippen molar-refractivity contribution in [3.63, 3.8) is 0 Å². The van der Waals surface area contributed by atoms with E-state index in [1.807, 2.05) is 169 Å². The molecule has 0 aliphatic rings. The fraction of sp³-hybridized carbons (Fsp3) is 0.378. The topological polar surface area (TPSA) is 243 Å². The molecule has 4 aromatic rings. The molecular weight excluding hydrogens is 789 g/mol. The van der Waals surface area contributed by atoms with Crippen LogP contribution in [0.3, 0.4) is 0 Å². The third-order valence-corrected chi connectivity index (χ3v) is 8.77. The Morgan fingerprint density at radius 3 is 0.639 bits per heavy atom. The zero-order valence-electron chi connectivity index (χ0n) is 35.5. The van der Waals surface area contributed by atoms with Gasteiger partial charge in [0.1, 0.15) is 0 Å². The van der Waals surface area contributed by atoms with E-state index in [2.05, 4.69) is 0 Å². The van der Waals surface area contributed by atoms with Gasteiger partial charge >= 0.3 is 23.9 Å². The smallest absolute Gasteiger partial charge is 0.305 e. The zero-order chi connectivity index (χ0) is 46.1. The molecule has 0 saturated carbocycles. The molecule has 0 bridgehead atoms. The summed E-state index contributed by atoms with van der Waals surface area (Å²) in [4.78, 5) is 48.9. The second-order valence-corrected chi connectivity index (χ2v) is 13.7. The maximum atomic E-state index is 10.3. The maximum Gasteiger partial charge on any atom is 0.305 e. The van der Waals surface area contributed by atoms with E-state index >= 15 is 0 Å². The van der Waals surface area contributed by atoms with Crippen molar-refractivity contribution < 1.29 is 60.0 Å². The van der Waals surface area contributed by atoms with E-state index in [4.69, 9.17) is 40.9 Å². The number of carboxylic acid groups (broad SMARTS) is 4. The SMILES string of the molecule is CN(CCC(=O)O)c1ccccc1.CN(CCC(=O)O)c1ccccc1.CN(CCC(=O)O)c1ccccc1.CN(CCC(=O)O)c1ccccc1.OCC(CO)(CO)CO. The number of aliphatic hydroxyl groups is 4. The third-order valence-electron chi connectivity index (χ3n) is 8.77. The van der Waals surface area contributed by atoms with E-state index < -0.39 is 55.7 Å². The average molecular weight is 853 g/mol. The lowest BCUT2D eigenvalue weighted by Crippen LogP contribution is -2.37. The van der Waals surface area contributed by atoms with E-state index in [9.17, 15) is 19.2 Å². The van der Waals surface area contributed by atoms with Gasteiger partial charge in [0, 0.05) is 77.1 Å².